The number of nitrogens with two attached hydrogens (primary N) is 1. The summed E-state index contributed by atoms with van der Waals surface area (Å²) in [4.78, 5) is 259. The molecule has 132 heavy (non-hydrogen) atoms. The number of hydrogen-bond donors (Lipinski definition) is 7. The SMILES string of the molecule is C.CC(=O)C(N)CSSCC(CO[N+](=O)[O-])O[N+](=O)[O-].CC(=O)CCSCC(CO[N+](=O)[O-])O[N+](=O)[O-].CC(=O)c1ccccc1SSCC(O)CO[N+](=O)[O-].CC(CCC(=O)NC(CSSCC(CO[N+](=O)[O-])O[N+](=O)[O-])C(=O)NCC(=O)O)C(=O)O.CCOC(=O)C(CSSCC(CO[N+](=O)[O-])O[N+](=O)[O-])NC(C)=O.O=[N+]([O-])OCC(CSC#Cc1ccccc1)O[N+](=O)[O-]. The van der Waals surface area contributed by atoms with E-state index in [1.165, 1.54) is 78.8 Å². The van der Waals surface area contributed by atoms with Gasteiger partial charge in [0.1, 0.15) is 100 Å². The Kier molecular flexibility index (Phi) is 78.5. The minimum atomic E-state index is -1.31. The molecule has 0 spiro atoms. The predicted molar refractivity (Wildman–Crippen MR) is 469 cm³/mol. The number of ketones is 3. The normalized spacial score (nSPS) is 12.2. The summed E-state index contributed by atoms with van der Waals surface area (Å²) in [6.45, 7) is 4.79. The van der Waals surface area contributed by atoms with Gasteiger partial charge in [-0.3, -0.25) is 38.4 Å². The maximum atomic E-state index is 12.2. The molecule has 2 aromatic carbocycles. The second-order valence-electron chi connectivity index (χ2n) is 23.3. The lowest BCUT2D eigenvalue weighted by Crippen LogP contribution is -2.49. The Morgan fingerprint density at radius 1 is 0.477 bits per heavy atom. The zero-order valence-corrected chi connectivity index (χ0v) is 77.0. The number of amides is 3. The van der Waals surface area contributed by atoms with Gasteiger partial charge >= 0.3 is 17.9 Å². The lowest BCUT2D eigenvalue weighted by molar-refractivity contribution is -0.788. The number of aliphatic hydroxyl groups excluding tert-OH is 1. The molecule has 0 fully saturated rings. The summed E-state index contributed by atoms with van der Waals surface area (Å²) < 4.78 is 4.82. The molecule has 10 atom stereocenters. The molecule has 3 amide bonds. The molecule has 0 aliphatic heterocycles. The highest BCUT2D eigenvalue weighted by Crippen LogP contribution is 2.34. The summed E-state index contributed by atoms with van der Waals surface area (Å²) in [7, 11) is 9.12. The zero-order chi connectivity index (χ0) is 100. The number of carbonyl (C=O) groups excluding carboxylic acids is 7. The second kappa shape index (κ2) is 80.3. The van der Waals surface area contributed by atoms with Crippen LogP contribution in [-0.4, -0.2) is 289 Å². The van der Waals surface area contributed by atoms with Gasteiger partial charge in [0.05, 0.1) is 24.7 Å². The molecule has 746 valence electrons. The van der Waals surface area contributed by atoms with Crippen LogP contribution < -0.4 is 21.7 Å². The van der Waals surface area contributed by atoms with E-state index < -0.39 is 192 Å². The van der Waals surface area contributed by atoms with Crippen molar-refractivity contribution in [3.05, 3.63) is 177 Å². The minimum Gasteiger partial charge on any atom is -0.481 e. The number of nitrogens with zero attached hydrogens (tertiary/aromatic N) is 11. The lowest BCUT2D eigenvalue weighted by atomic mass is 10.1. The van der Waals surface area contributed by atoms with E-state index >= 15 is 0 Å². The summed E-state index contributed by atoms with van der Waals surface area (Å²) in [6.07, 6.45) is -6.32. The lowest BCUT2D eigenvalue weighted by Gasteiger charge is -2.18. The molecular weight excluding hydrogens is 2000 g/mol. The van der Waals surface area contributed by atoms with E-state index in [0.29, 0.717) is 23.5 Å². The number of ether oxygens (including phenoxy) is 1. The fraction of sp³-hybridized carbons (Fsp3) is 0.623. The highest BCUT2D eigenvalue weighted by molar-refractivity contribution is 8.77. The average molecular weight is 2090 g/mol. The maximum Gasteiger partial charge on any atom is 0.329 e. The zero-order valence-electron chi connectivity index (χ0n) is 68.8. The Morgan fingerprint density at radius 3 is 1.26 bits per heavy atom. The Labute approximate surface area is 784 Å². The topological polar surface area (TPSA) is 862 Å². The van der Waals surface area contributed by atoms with Gasteiger partial charge in [0.2, 0.25) is 17.7 Å². The van der Waals surface area contributed by atoms with Gasteiger partial charge in [0.15, 0.2) is 5.78 Å². The number of esters is 1. The van der Waals surface area contributed by atoms with Crippen LogP contribution in [0.5, 0.6) is 0 Å². The number of rotatable bonds is 67. The van der Waals surface area contributed by atoms with Gasteiger partial charge in [-0.15, -0.1) is 111 Å². The Balaban J connectivity index is -0.000000494. The molecule has 10 unspecified atom stereocenters. The molecule has 0 saturated heterocycles. The summed E-state index contributed by atoms with van der Waals surface area (Å²) in [5.74, 6) is -1.72. The van der Waals surface area contributed by atoms with E-state index in [-0.39, 0.29) is 96.9 Å². The van der Waals surface area contributed by atoms with Crippen LogP contribution >= 0.6 is 110 Å². The van der Waals surface area contributed by atoms with Crippen molar-refractivity contribution in [1.82, 2.24) is 16.0 Å². The second-order valence-corrected chi connectivity index (χ2v) is 35.3. The van der Waals surface area contributed by atoms with E-state index in [1.807, 2.05) is 42.5 Å². The number of aliphatic carboxylic acids is 2. The largest absolute Gasteiger partial charge is 0.481 e. The molecule has 61 nitrogen and oxygen atoms in total. The van der Waals surface area contributed by atoms with Crippen LogP contribution in [0.25, 0.3) is 0 Å². The monoisotopic (exact) mass is 2090 g/mol. The smallest absolute Gasteiger partial charge is 0.329 e. The van der Waals surface area contributed by atoms with Crippen molar-refractivity contribution >= 4 is 163 Å². The Hall–Kier alpha value is -11.6. The molecule has 8 N–H and O–H groups in total. The van der Waals surface area contributed by atoms with Gasteiger partial charge in [-0.2, -0.15) is 11.8 Å². The molecule has 2 aromatic rings. The number of thioether (sulfide) groups is 2. The minimum absolute atomic E-state index is 0. The number of Topliss-reactive ketones (excluding diaryl/α,β-unsaturated/α-hetero) is 3. The number of aliphatic hydroxyl groups is 1. The highest BCUT2D eigenvalue weighted by atomic mass is 33.1. The van der Waals surface area contributed by atoms with Gasteiger partial charge in [0, 0.05) is 93.3 Å². The first-order valence-corrected chi connectivity index (χ1v) is 47.4. The molecule has 0 aliphatic rings. The Bertz CT molecular complexity index is 3980. The molecule has 0 bridgehead atoms. The summed E-state index contributed by atoms with van der Waals surface area (Å²) in [5.41, 5.74) is 6.90. The van der Waals surface area contributed by atoms with Crippen LogP contribution in [0.2, 0.25) is 0 Å². The van der Waals surface area contributed by atoms with Crippen LogP contribution in [0.1, 0.15) is 84.2 Å². The van der Waals surface area contributed by atoms with Crippen LogP contribution in [0.15, 0.2) is 59.5 Å². The number of carboxylic acids is 2. The van der Waals surface area contributed by atoms with Crippen LogP contribution in [0, 0.1) is 128 Å². The fourth-order valence-electron chi connectivity index (χ4n) is 6.96. The van der Waals surface area contributed by atoms with Gasteiger partial charge in [-0.1, -0.05) is 155 Å². The number of carboxylic acid groups (broad SMARTS) is 2. The van der Waals surface area contributed by atoms with Crippen molar-refractivity contribution < 1.29 is 172 Å². The van der Waals surface area contributed by atoms with E-state index in [4.69, 9.17) is 20.7 Å². The van der Waals surface area contributed by atoms with E-state index in [9.17, 15) is 160 Å². The highest BCUT2D eigenvalue weighted by Gasteiger charge is 2.27. The van der Waals surface area contributed by atoms with E-state index in [0.717, 1.165) is 76.2 Å². The first-order valence-electron chi connectivity index (χ1n) is 35.5. The van der Waals surface area contributed by atoms with Gasteiger partial charge in [-0.25, -0.2) is 4.79 Å². The summed E-state index contributed by atoms with van der Waals surface area (Å²) >= 11 is 2.29. The molecule has 71 heteroatoms. The van der Waals surface area contributed by atoms with Crippen molar-refractivity contribution in [2.75, 3.05) is 110 Å². The first-order chi connectivity index (χ1) is 61.5. The van der Waals surface area contributed by atoms with E-state index in [2.05, 4.69) is 80.3 Å². The van der Waals surface area contributed by atoms with Crippen molar-refractivity contribution in [3.8, 4) is 11.2 Å². The number of hydrogen-bond acceptors (Lipinski definition) is 55. The van der Waals surface area contributed by atoms with Crippen molar-refractivity contribution in [1.29, 1.82) is 0 Å². The van der Waals surface area contributed by atoms with E-state index in [1.54, 1.807) is 19.1 Å². The quantitative estimate of drug-likeness (QED) is 0.00914. The first kappa shape index (κ1) is 129. The summed E-state index contributed by atoms with van der Waals surface area (Å²) in [6, 6.07) is 13.6. The fourth-order valence-corrected chi connectivity index (χ4v) is 17.9. The third kappa shape index (κ3) is 84.0. The van der Waals surface area contributed by atoms with Gasteiger partial charge < -0.3 is 95.0 Å². The molecule has 2 rings (SSSR count). The molecular formula is C61H91N15O46S10. The predicted octanol–water partition coefficient (Wildman–Crippen LogP) is 4.46. The van der Waals surface area contributed by atoms with Crippen LogP contribution in [0.3, 0.4) is 0 Å². The molecule has 0 heterocycles. The van der Waals surface area contributed by atoms with Crippen molar-refractivity contribution in [2.24, 2.45) is 11.7 Å². The molecule has 0 aliphatic carbocycles. The number of carbonyl (C=O) groups is 9. The Morgan fingerprint density at radius 2 is 0.871 bits per heavy atom. The summed E-state index contributed by atoms with van der Waals surface area (Å²) in [5, 5.41) is 136. The third-order valence-corrected chi connectivity index (χ3v) is 24.5. The third-order valence-electron chi connectivity index (χ3n) is 12.8. The number of nitrogens with one attached hydrogen (secondary N) is 3. The molecule has 0 radical (unpaired) electrons. The van der Waals surface area contributed by atoms with Crippen molar-refractivity contribution in [2.45, 2.75) is 128 Å². The molecule has 0 saturated carbocycles. The number of benzene rings is 2. The van der Waals surface area contributed by atoms with Crippen molar-refractivity contribution in [3.63, 3.8) is 0 Å². The van der Waals surface area contributed by atoms with Gasteiger partial charge in [0.25, 0.3) is 56.0 Å². The average Bonchev–Trinajstić information content (AvgIpc) is 0.868. The standard InChI is InChI=1S/C14H22N4O12S2.C11H10N2O6S.C11H13NO5S2.C10H17N3O9S2.C7H13N3O7S2.C7H12N2O7S.CH4/c1-8(14(23)24)2-3-11(19)16-10(13(22)15-4-12(20)21)7-32-31-6-9(30-18(27)28)5-29-17(25)26;14-12(15)18-8-11(19-13(16)17)9-20-7-6-10-4-2-1-3-5-10;1-8(13)10-4-2-3-5-11(10)19-18-7-9(14)6-17-12(15)16;1-3-20-10(15)9(11-7(2)14)6-24-23-5-8(22-13(18)19)4-21-12(16)17;1-5(11)7(8)4-19-18-3-6(17-10(14)15)2-16-9(12)13;1-6(10)2-3-17-5-7(16-9(13)14)4-15-8(11)12;/h8-10H,2-7H2,1H3,(H,15,22)(H,16,19)(H,20,21)(H,23,24);1-5,11H,8-9H2;2-5,9,14H,6-7H2,1H3;8-9H,3-6H2,1-2H3,(H,11,14);6-7H,2-4,8H2,1H3;7H,2-5H2,1H3;1H4. The molecule has 0 aromatic heterocycles. The van der Waals surface area contributed by atoms with Crippen LogP contribution in [-0.2, 0) is 96.3 Å². The maximum absolute atomic E-state index is 12.2. The van der Waals surface area contributed by atoms with Crippen LogP contribution in [0.4, 0.5) is 0 Å². The van der Waals surface area contributed by atoms with Gasteiger partial charge in [-0.05, 0) is 57.6 Å².